The summed E-state index contributed by atoms with van der Waals surface area (Å²) in [6.45, 7) is 0.507. The van der Waals surface area contributed by atoms with Crippen LogP contribution in [0.15, 0.2) is 72.8 Å². The average Bonchev–Trinajstić information content (AvgIpc) is 2.56. The molecule has 0 fully saturated rings. The zero-order chi connectivity index (χ0) is 15.4. The lowest BCUT2D eigenvalue weighted by atomic mass is 9.95. The number of hydrogen-bond acceptors (Lipinski definition) is 3. The molecule has 0 heterocycles. The summed E-state index contributed by atoms with van der Waals surface area (Å²) in [7, 11) is 0. The minimum absolute atomic E-state index is 0.507. The van der Waals surface area contributed by atoms with E-state index in [9.17, 15) is 0 Å². The fourth-order valence-electron chi connectivity index (χ4n) is 2.43. The highest BCUT2D eigenvalue weighted by atomic mass is 16.5. The molecule has 0 aliphatic heterocycles. The maximum absolute atomic E-state index is 6.30. The summed E-state index contributed by atoms with van der Waals surface area (Å²) in [6.07, 6.45) is 6.70. The molecule has 2 aromatic carbocycles. The molecule has 3 heteroatoms. The topological polar surface area (TPSA) is 61.3 Å². The summed E-state index contributed by atoms with van der Waals surface area (Å²) >= 11 is 0. The molecule has 3 rings (SSSR count). The molecule has 0 radical (unpaired) electrons. The lowest BCUT2D eigenvalue weighted by Crippen LogP contribution is -2.41. The van der Waals surface area contributed by atoms with Crippen LogP contribution in [0.1, 0.15) is 17.5 Å². The number of benzene rings is 2. The molecule has 3 nitrogen and oxygen atoms in total. The van der Waals surface area contributed by atoms with Crippen LogP contribution in [0.3, 0.4) is 0 Å². The molecule has 0 spiro atoms. The molecular weight excluding hydrogens is 272 g/mol. The number of nitrogens with two attached hydrogens (primary N) is 2. The molecule has 2 aromatic rings. The maximum atomic E-state index is 6.30. The number of rotatable bonds is 4. The average molecular weight is 292 g/mol. The van der Waals surface area contributed by atoms with Crippen LogP contribution in [0.25, 0.3) is 5.57 Å². The van der Waals surface area contributed by atoms with E-state index in [1.54, 1.807) is 0 Å². The smallest absolute Gasteiger partial charge is 0.140 e. The van der Waals surface area contributed by atoms with E-state index < -0.39 is 5.72 Å². The summed E-state index contributed by atoms with van der Waals surface area (Å²) < 4.78 is 5.89. The Morgan fingerprint density at radius 1 is 1.00 bits per heavy atom. The number of hydrogen-bond donors (Lipinski definition) is 2. The Morgan fingerprint density at radius 3 is 2.36 bits per heavy atom. The third-order valence-electron chi connectivity index (χ3n) is 3.78. The molecule has 0 amide bonds. The zero-order valence-electron chi connectivity index (χ0n) is 12.4. The summed E-state index contributed by atoms with van der Waals surface area (Å²) in [4.78, 5) is 0. The van der Waals surface area contributed by atoms with E-state index >= 15 is 0 Å². The molecule has 0 bridgehead atoms. The molecular formula is C19H20N2O. The van der Waals surface area contributed by atoms with Gasteiger partial charge in [0.2, 0.25) is 0 Å². The monoisotopic (exact) mass is 292 g/mol. The number of ether oxygens (including phenoxy) is 1. The van der Waals surface area contributed by atoms with E-state index in [4.69, 9.17) is 16.2 Å². The summed E-state index contributed by atoms with van der Waals surface area (Å²) in [5.41, 5.74) is 15.4. The summed E-state index contributed by atoms with van der Waals surface area (Å²) in [5.74, 6) is 0. The fourth-order valence-corrected chi connectivity index (χ4v) is 2.43. The highest BCUT2D eigenvalue weighted by molar-refractivity contribution is 5.76. The predicted octanol–water partition coefficient (Wildman–Crippen LogP) is 3.48. The fraction of sp³-hybridized carbons (Fsp3) is 0.158. The van der Waals surface area contributed by atoms with Gasteiger partial charge in [0.05, 0.1) is 6.61 Å². The Hall–Kier alpha value is -2.36. The molecule has 4 N–H and O–H groups in total. The van der Waals surface area contributed by atoms with Crippen molar-refractivity contribution in [2.45, 2.75) is 18.8 Å². The van der Waals surface area contributed by atoms with Crippen LogP contribution < -0.4 is 11.5 Å². The third-order valence-corrected chi connectivity index (χ3v) is 3.78. The van der Waals surface area contributed by atoms with Gasteiger partial charge in [-0.1, -0.05) is 54.6 Å². The minimum Gasteiger partial charge on any atom is -0.399 e. The van der Waals surface area contributed by atoms with Crippen molar-refractivity contribution in [1.82, 2.24) is 0 Å². The Bertz CT molecular complexity index is 689. The van der Waals surface area contributed by atoms with Gasteiger partial charge in [0.15, 0.2) is 0 Å². The van der Waals surface area contributed by atoms with Crippen molar-refractivity contribution in [3.63, 3.8) is 0 Å². The second-order valence-corrected chi connectivity index (χ2v) is 5.55. The quantitative estimate of drug-likeness (QED) is 0.670. The Kier molecular flexibility index (Phi) is 4.09. The molecule has 112 valence electrons. The molecule has 0 aromatic heterocycles. The van der Waals surface area contributed by atoms with Crippen molar-refractivity contribution in [3.8, 4) is 0 Å². The van der Waals surface area contributed by atoms with Gasteiger partial charge in [-0.05, 0) is 34.9 Å². The van der Waals surface area contributed by atoms with Crippen LogP contribution >= 0.6 is 0 Å². The summed E-state index contributed by atoms with van der Waals surface area (Å²) in [6, 6.07) is 17.9. The molecule has 0 saturated carbocycles. The Labute approximate surface area is 130 Å². The zero-order valence-corrected chi connectivity index (χ0v) is 12.4. The van der Waals surface area contributed by atoms with Gasteiger partial charge in [-0.15, -0.1) is 0 Å². The normalized spacial score (nSPS) is 20.7. The number of nitrogen functional groups attached to an aromatic ring is 1. The largest absolute Gasteiger partial charge is 0.399 e. The molecule has 0 saturated heterocycles. The van der Waals surface area contributed by atoms with Gasteiger partial charge in [0.25, 0.3) is 0 Å². The first kappa shape index (κ1) is 14.6. The van der Waals surface area contributed by atoms with Gasteiger partial charge < -0.3 is 10.5 Å². The van der Waals surface area contributed by atoms with Crippen molar-refractivity contribution in [1.29, 1.82) is 0 Å². The van der Waals surface area contributed by atoms with Gasteiger partial charge in [0.1, 0.15) is 5.72 Å². The van der Waals surface area contributed by atoms with E-state index in [0.717, 1.165) is 22.4 Å². The Balaban J connectivity index is 1.65. The standard InChI is InChI=1S/C19H20N2O/c20-18-8-6-16(7-9-18)17-10-12-19(21,13-11-17)22-14-15-4-2-1-3-5-15/h1-12H,13-14,20-21H2. The maximum Gasteiger partial charge on any atom is 0.140 e. The van der Waals surface area contributed by atoms with Crippen LogP contribution in [0.2, 0.25) is 0 Å². The summed E-state index contributed by atoms with van der Waals surface area (Å²) in [5, 5.41) is 0. The highest BCUT2D eigenvalue weighted by Gasteiger charge is 2.24. The van der Waals surface area contributed by atoms with Crippen molar-refractivity contribution < 1.29 is 4.74 Å². The van der Waals surface area contributed by atoms with Crippen LogP contribution in [-0.4, -0.2) is 5.72 Å². The van der Waals surface area contributed by atoms with Crippen LogP contribution in [-0.2, 0) is 11.3 Å². The van der Waals surface area contributed by atoms with E-state index in [2.05, 4.69) is 6.08 Å². The lowest BCUT2D eigenvalue weighted by Gasteiger charge is -2.28. The van der Waals surface area contributed by atoms with E-state index in [1.165, 1.54) is 0 Å². The lowest BCUT2D eigenvalue weighted by molar-refractivity contribution is -0.0143. The SMILES string of the molecule is Nc1ccc(C2=CCC(N)(OCc3ccccc3)C=C2)cc1. The van der Waals surface area contributed by atoms with Crippen LogP contribution in [0.4, 0.5) is 5.69 Å². The molecule has 22 heavy (non-hydrogen) atoms. The molecule has 1 unspecified atom stereocenters. The van der Waals surface area contributed by atoms with E-state index in [1.807, 2.05) is 66.7 Å². The Morgan fingerprint density at radius 2 is 1.73 bits per heavy atom. The van der Waals surface area contributed by atoms with Crippen molar-refractivity contribution >= 4 is 11.3 Å². The first-order valence-corrected chi connectivity index (χ1v) is 7.37. The van der Waals surface area contributed by atoms with E-state index in [-0.39, 0.29) is 0 Å². The molecule has 1 atom stereocenters. The number of anilines is 1. The second kappa shape index (κ2) is 6.18. The van der Waals surface area contributed by atoms with Gasteiger partial charge in [-0.25, -0.2) is 0 Å². The van der Waals surface area contributed by atoms with Gasteiger partial charge in [-0.2, -0.15) is 0 Å². The highest BCUT2D eigenvalue weighted by Crippen LogP contribution is 2.27. The molecule has 1 aliphatic rings. The van der Waals surface area contributed by atoms with Crippen LogP contribution in [0, 0.1) is 0 Å². The first-order valence-electron chi connectivity index (χ1n) is 7.37. The van der Waals surface area contributed by atoms with Crippen LogP contribution in [0.5, 0.6) is 0 Å². The minimum atomic E-state index is -0.743. The van der Waals surface area contributed by atoms with Crippen molar-refractivity contribution in [2.75, 3.05) is 5.73 Å². The second-order valence-electron chi connectivity index (χ2n) is 5.55. The van der Waals surface area contributed by atoms with Gasteiger partial charge >= 0.3 is 0 Å². The van der Waals surface area contributed by atoms with Gasteiger partial charge in [-0.3, -0.25) is 5.73 Å². The number of allylic oxidation sites excluding steroid dienone is 2. The van der Waals surface area contributed by atoms with E-state index in [0.29, 0.717) is 13.0 Å². The predicted molar refractivity (Wildman–Crippen MR) is 90.7 cm³/mol. The molecule has 1 aliphatic carbocycles. The van der Waals surface area contributed by atoms with Gasteiger partial charge in [0, 0.05) is 12.1 Å². The van der Waals surface area contributed by atoms with Crippen molar-refractivity contribution in [3.05, 3.63) is 84.0 Å². The van der Waals surface area contributed by atoms with Crippen molar-refractivity contribution in [2.24, 2.45) is 5.73 Å². The third kappa shape index (κ3) is 3.45. The first-order chi connectivity index (χ1) is 10.6.